The molecular formula is C18H25N7O3. The van der Waals surface area contributed by atoms with E-state index < -0.39 is 5.54 Å². The second-order valence-electron chi connectivity index (χ2n) is 7.60. The number of H-pyrrole nitrogens is 1. The van der Waals surface area contributed by atoms with Gasteiger partial charge in [-0.05, 0) is 39.2 Å². The van der Waals surface area contributed by atoms with Crippen LogP contribution in [-0.4, -0.2) is 68.5 Å². The number of amides is 2. The van der Waals surface area contributed by atoms with Gasteiger partial charge in [-0.1, -0.05) is 5.16 Å². The minimum Gasteiger partial charge on any atom is -0.361 e. The lowest BCUT2D eigenvalue weighted by atomic mass is 9.84. The van der Waals surface area contributed by atoms with Crippen LogP contribution < -0.4 is 10.6 Å². The van der Waals surface area contributed by atoms with Gasteiger partial charge < -0.3 is 15.2 Å². The summed E-state index contributed by atoms with van der Waals surface area (Å²) in [6.07, 6.45) is 5.77. The van der Waals surface area contributed by atoms with E-state index in [0.717, 1.165) is 31.5 Å². The van der Waals surface area contributed by atoms with Crippen molar-refractivity contribution < 1.29 is 14.1 Å². The Hall–Kier alpha value is -2.75. The quantitative estimate of drug-likeness (QED) is 0.645. The summed E-state index contributed by atoms with van der Waals surface area (Å²) in [6.45, 7) is 3.79. The summed E-state index contributed by atoms with van der Waals surface area (Å²) >= 11 is 0. The van der Waals surface area contributed by atoms with Crippen LogP contribution in [0, 0.1) is 6.92 Å². The summed E-state index contributed by atoms with van der Waals surface area (Å²) < 4.78 is 4.98. The average molecular weight is 387 g/mol. The highest BCUT2D eigenvalue weighted by Crippen LogP contribution is 2.38. The molecule has 2 aromatic heterocycles. The molecule has 1 unspecified atom stereocenters. The lowest BCUT2D eigenvalue weighted by molar-refractivity contribution is -0.133. The highest BCUT2D eigenvalue weighted by atomic mass is 16.5. The van der Waals surface area contributed by atoms with Crippen LogP contribution in [0.1, 0.15) is 47.6 Å². The number of aryl methyl sites for hydroxylation is 1. The summed E-state index contributed by atoms with van der Waals surface area (Å²) in [7, 11) is 0. The standard InChI is InChI=1S/C18H25N7O3/c1-12-8-15(23-28-12)16(26)21-14-9-18(5-2-3-7-25(18)11-14)17(27)19-6-4-13-10-20-24-22-13/h8,10,14H,2-7,9,11H2,1H3,(H,19,27)(H,21,26)(H,20,22,24)/t14?,18-/m0/s1. The van der Waals surface area contributed by atoms with Gasteiger partial charge in [0, 0.05) is 31.6 Å². The largest absolute Gasteiger partial charge is 0.361 e. The minimum absolute atomic E-state index is 0.0322. The van der Waals surface area contributed by atoms with Crippen LogP contribution in [0.25, 0.3) is 0 Å². The summed E-state index contributed by atoms with van der Waals surface area (Å²) in [5, 5.41) is 20.2. The van der Waals surface area contributed by atoms with E-state index in [4.69, 9.17) is 4.52 Å². The predicted molar refractivity (Wildman–Crippen MR) is 98.4 cm³/mol. The van der Waals surface area contributed by atoms with Gasteiger partial charge in [0.2, 0.25) is 5.91 Å². The average Bonchev–Trinajstić information content (AvgIpc) is 3.41. The van der Waals surface area contributed by atoms with Crippen LogP contribution in [0.15, 0.2) is 16.8 Å². The third-order valence-corrected chi connectivity index (χ3v) is 5.65. The summed E-state index contributed by atoms with van der Waals surface area (Å²) in [4.78, 5) is 27.7. The van der Waals surface area contributed by atoms with Crippen molar-refractivity contribution in [2.45, 2.75) is 50.6 Å². The van der Waals surface area contributed by atoms with E-state index in [9.17, 15) is 9.59 Å². The minimum atomic E-state index is -0.556. The van der Waals surface area contributed by atoms with Crippen molar-refractivity contribution >= 4 is 11.8 Å². The number of nitrogens with one attached hydrogen (secondary N) is 3. The maximum absolute atomic E-state index is 13.1. The molecule has 2 aliphatic heterocycles. The molecule has 0 aliphatic carbocycles. The molecule has 10 heteroatoms. The fourth-order valence-corrected chi connectivity index (χ4v) is 4.32. The number of hydrogen-bond donors (Lipinski definition) is 3. The van der Waals surface area contributed by atoms with E-state index in [1.807, 2.05) is 0 Å². The molecule has 4 rings (SSSR count). The zero-order chi connectivity index (χ0) is 19.6. The Bertz CT molecular complexity index is 834. The smallest absolute Gasteiger partial charge is 0.273 e. The molecule has 0 saturated carbocycles. The number of carbonyl (C=O) groups excluding carboxylic acids is 2. The number of fused-ring (bicyclic) bond motifs is 1. The van der Waals surface area contributed by atoms with Gasteiger partial charge in [0.25, 0.3) is 5.91 Å². The second kappa shape index (κ2) is 7.70. The van der Waals surface area contributed by atoms with Crippen molar-refractivity contribution in [2.75, 3.05) is 19.6 Å². The van der Waals surface area contributed by atoms with Crippen molar-refractivity contribution in [3.05, 3.63) is 29.4 Å². The predicted octanol–water partition coefficient (Wildman–Crippen LogP) is 0.187. The molecule has 28 heavy (non-hydrogen) atoms. The van der Waals surface area contributed by atoms with Gasteiger partial charge in [0.1, 0.15) is 11.3 Å². The Morgan fingerprint density at radius 1 is 1.43 bits per heavy atom. The van der Waals surface area contributed by atoms with Gasteiger partial charge in [-0.15, -0.1) is 0 Å². The Labute approximate surface area is 162 Å². The molecule has 150 valence electrons. The first kappa shape index (κ1) is 18.6. The number of nitrogens with zero attached hydrogens (tertiary/aromatic N) is 4. The van der Waals surface area contributed by atoms with Crippen molar-refractivity contribution in [3.63, 3.8) is 0 Å². The van der Waals surface area contributed by atoms with Crippen LogP contribution in [0.3, 0.4) is 0 Å². The molecule has 0 bridgehead atoms. The lowest BCUT2D eigenvalue weighted by Crippen LogP contribution is -2.57. The number of hydrogen-bond acceptors (Lipinski definition) is 7. The highest BCUT2D eigenvalue weighted by molar-refractivity contribution is 5.93. The van der Waals surface area contributed by atoms with E-state index in [-0.39, 0.29) is 23.6 Å². The molecule has 2 fully saturated rings. The Morgan fingerprint density at radius 3 is 3.07 bits per heavy atom. The first-order valence-corrected chi connectivity index (χ1v) is 9.69. The van der Waals surface area contributed by atoms with E-state index >= 15 is 0 Å². The highest BCUT2D eigenvalue weighted by Gasteiger charge is 2.52. The monoisotopic (exact) mass is 387 g/mol. The molecule has 4 heterocycles. The Kier molecular flexibility index (Phi) is 5.12. The van der Waals surface area contributed by atoms with Gasteiger partial charge in [0.15, 0.2) is 5.69 Å². The van der Waals surface area contributed by atoms with Crippen molar-refractivity contribution in [1.82, 2.24) is 36.1 Å². The normalized spacial score (nSPS) is 24.7. The van der Waals surface area contributed by atoms with E-state index in [1.54, 1.807) is 19.2 Å². The molecule has 0 spiro atoms. The number of rotatable bonds is 6. The fraction of sp³-hybridized carbons (Fsp3) is 0.611. The van der Waals surface area contributed by atoms with Gasteiger partial charge >= 0.3 is 0 Å². The molecule has 10 nitrogen and oxygen atoms in total. The van der Waals surface area contributed by atoms with Crippen LogP contribution >= 0.6 is 0 Å². The molecule has 0 radical (unpaired) electrons. The maximum Gasteiger partial charge on any atom is 0.273 e. The van der Waals surface area contributed by atoms with Crippen molar-refractivity contribution in [3.8, 4) is 0 Å². The van der Waals surface area contributed by atoms with Crippen LogP contribution in [0.4, 0.5) is 0 Å². The topological polar surface area (TPSA) is 129 Å². The summed E-state index contributed by atoms with van der Waals surface area (Å²) in [5.74, 6) is 0.366. The van der Waals surface area contributed by atoms with Crippen molar-refractivity contribution in [2.24, 2.45) is 0 Å². The third-order valence-electron chi connectivity index (χ3n) is 5.65. The first-order chi connectivity index (χ1) is 13.6. The Morgan fingerprint density at radius 2 is 2.32 bits per heavy atom. The second-order valence-corrected chi connectivity index (χ2v) is 7.60. The first-order valence-electron chi connectivity index (χ1n) is 9.69. The fourth-order valence-electron chi connectivity index (χ4n) is 4.32. The van der Waals surface area contributed by atoms with Gasteiger partial charge in [-0.3, -0.25) is 14.5 Å². The molecule has 2 aliphatic rings. The lowest BCUT2D eigenvalue weighted by Gasteiger charge is -2.40. The third kappa shape index (κ3) is 3.64. The molecule has 2 saturated heterocycles. The molecule has 2 amide bonds. The van der Waals surface area contributed by atoms with Crippen molar-refractivity contribution in [1.29, 1.82) is 0 Å². The Balaban J connectivity index is 1.39. The number of aromatic amines is 1. The van der Waals surface area contributed by atoms with E-state index in [1.165, 1.54) is 0 Å². The SMILES string of the molecule is Cc1cc(C(=O)NC2CN3CCCC[C@@]3(C(=O)NCCc3cn[nH]n3)C2)no1. The number of aromatic nitrogens is 4. The van der Waals surface area contributed by atoms with Gasteiger partial charge in [0.05, 0.1) is 11.9 Å². The molecule has 2 atom stereocenters. The van der Waals surface area contributed by atoms with Gasteiger partial charge in [-0.2, -0.15) is 15.4 Å². The molecule has 3 N–H and O–H groups in total. The van der Waals surface area contributed by atoms with Crippen LogP contribution in [0.2, 0.25) is 0 Å². The molecular weight excluding hydrogens is 362 g/mol. The van der Waals surface area contributed by atoms with Crippen LogP contribution in [-0.2, 0) is 11.2 Å². The summed E-state index contributed by atoms with van der Waals surface area (Å²) in [5.41, 5.74) is 0.533. The number of carbonyl (C=O) groups is 2. The summed E-state index contributed by atoms with van der Waals surface area (Å²) in [6, 6.07) is 1.52. The van der Waals surface area contributed by atoms with Crippen LogP contribution in [0.5, 0.6) is 0 Å². The number of piperidine rings is 1. The zero-order valence-corrected chi connectivity index (χ0v) is 15.9. The van der Waals surface area contributed by atoms with E-state index in [2.05, 4.69) is 36.1 Å². The van der Waals surface area contributed by atoms with E-state index in [0.29, 0.717) is 31.7 Å². The zero-order valence-electron chi connectivity index (χ0n) is 15.9. The maximum atomic E-state index is 13.1. The molecule has 0 aromatic carbocycles. The molecule has 2 aromatic rings. The van der Waals surface area contributed by atoms with Gasteiger partial charge in [-0.25, -0.2) is 0 Å².